The molecule has 0 saturated carbocycles. The van der Waals surface area contributed by atoms with E-state index in [0.29, 0.717) is 6.04 Å². The summed E-state index contributed by atoms with van der Waals surface area (Å²) in [6, 6.07) is 0.534. The highest BCUT2D eigenvalue weighted by atomic mass is 14.9. The molecule has 0 aliphatic rings. The molecule has 0 amide bonds. The van der Waals surface area contributed by atoms with Gasteiger partial charge in [-0.2, -0.15) is 0 Å². The van der Waals surface area contributed by atoms with E-state index in [1.165, 1.54) is 32.1 Å². The molecule has 0 aliphatic carbocycles. The smallest absolute Gasteiger partial charge is 0.0247 e. The van der Waals surface area contributed by atoms with E-state index in [1.807, 2.05) is 6.08 Å². The standard InChI is InChI=1S/C11H23N/c1-4-7-8-10-12-11(6-3)9-5-2/h6,11-12H,3-5,7-10H2,1-2H3. The quantitative estimate of drug-likeness (QED) is 0.435. The number of rotatable bonds is 8. The molecule has 1 nitrogen and oxygen atoms in total. The van der Waals surface area contributed by atoms with Crippen LogP contribution >= 0.6 is 0 Å². The molecule has 1 N–H and O–H groups in total. The molecule has 0 aliphatic heterocycles. The molecular weight excluding hydrogens is 146 g/mol. The van der Waals surface area contributed by atoms with Gasteiger partial charge in [0, 0.05) is 6.04 Å². The van der Waals surface area contributed by atoms with Gasteiger partial charge in [0.2, 0.25) is 0 Å². The molecular formula is C11H23N. The van der Waals surface area contributed by atoms with Crippen LogP contribution in [-0.2, 0) is 0 Å². The Morgan fingerprint density at radius 2 is 2.00 bits per heavy atom. The van der Waals surface area contributed by atoms with Crippen LogP contribution in [0.25, 0.3) is 0 Å². The molecule has 1 atom stereocenters. The molecule has 12 heavy (non-hydrogen) atoms. The third-order valence-electron chi connectivity index (χ3n) is 2.07. The first-order valence-electron chi connectivity index (χ1n) is 5.21. The molecule has 0 spiro atoms. The van der Waals surface area contributed by atoms with Crippen LogP contribution in [0.3, 0.4) is 0 Å². The minimum absolute atomic E-state index is 0.534. The Labute approximate surface area is 77.2 Å². The molecule has 1 unspecified atom stereocenters. The summed E-state index contributed by atoms with van der Waals surface area (Å²) in [5.74, 6) is 0. The molecule has 0 bridgehead atoms. The molecule has 1 heteroatoms. The maximum Gasteiger partial charge on any atom is 0.0247 e. The van der Waals surface area contributed by atoms with Gasteiger partial charge in [-0.1, -0.05) is 39.2 Å². The molecule has 0 rings (SSSR count). The van der Waals surface area contributed by atoms with Gasteiger partial charge in [0.05, 0.1) is 0 Å². The van der Waals surface area contributed by atoms with Crippen LogP contribution in [0.1, 0.15) is 46.0 Å². The lowest BCUT2D eigenvalue weighted by Crippen LogP contribution is -2.27. The van der Waals surface area contributed by atoms with E-state index in [4.69, 9.17) is 0 Å². The molecule has 0 aromatic rings. The highest BCUT2D eigenvalue weighted by molar-refractivity contribution is 4.84. The van der Waals surface area contributed by atoms with E-state index in [9.17, 15) is 0 Å². The topological polar surface area (TPSA) is 12.0 Å². The zero-order chi connectivity index (χ0) is 9.23. The molecule has 0 aromatic carbocycles. The Kier molecular flexibility index (Phi) is 8.57. The van der Waals surface area contributed by atoms with Gasteiger partial charge in [-0.25, -0.2) is 0 Å². The van der Waals surface area contributed by atoms with Gasteiger partial charge in [0.15, 0.2) is 0 Å². The van der Waals surface area contributed by atoms with Crippen LogP contribution in [0.15, 0.2) is 12.7 Å². The fourth-order valence-electron chi connectivity index (χ4n) is 1.28. The van der Waals surface area contributed by atoms with Crippen LogP contribution in [0.4, 0.5) is 0 Å². The predicted molar refractivity (Wildman–Crippen MR) is 56.4 cm³/mol. The number of hydrogen-bond acceptors (Lipinski definition) is 1. The second kappa shape index (κ2) is 8.79. The normalized spacial score (nSPS) is 12.8. The van der Waals surface area contributed by atoms with Gasteiger partial charge in [-0.15, -0.1) is 6.58 Å². The molecule has 72 valence electrons. The maximum atomic E-state index is 3.82. The van der Waals surface area contributed by atoms with E-state index in [-0.39, 0.29) is 0 Å². The van der Waals surface area contributed by atoms with Crippen LogP contribution in [-0.4, -0.2) is 12.6 Å². The first-order chi connectivity index (χ1) is 5.85. The van der Waals surface area contributed by atoms with Crippen molar-refractivity contribution in [3.05, 3.63) is 12.7 Å². The molecule has 0 fully saturated rings. The van der Waals surface area contributed by atoms with Crippen LogP contribution in [0, 0.1) is 0 Å². The largest absolute Gasteiger partial charge is 0.311 e. The minimum Gasteiger partial charge on any atom is -0.311 e. The summed E-state index contributed by atoms with van der Waals surface area (Å²) in [5, 5.41) is 3.49. The number of nitrogens with one attached hydrogen (secondary N) is 1. The second-order valence-electron chi connectivity index (χ2n) is 3.29. The fraction of sp³-hybridized carbons (Fsp3) is 0.818. The molecule has 0 saturated heterocycles. The molecule has 0 aromatic heterocycles. The Balaban J connectivity index is 3.25. The van der Waals surface area contributed by atoms with Crippen molar-refractivity contribution in [3.63, 3.8) is 0 Å². The average Bonchev–Trinajstić information content (AvgIpc) is 2.10. The second-order valence-corrected chi connectivity index (χ2v) is 3.29. The summed E-state index contributed by atoms with van der Waals surface area (Å²) < 4.78 is 0. The van der Waals surface area contributed by atoms with Crippen molar-refractivity contribution in [2.24, 2.45) is 0 Å². The van der Waals surface area contributed by atoms with Crippen molar-refractivity contribution in [1.29, 1.82) is 0 Å². The highest BCUT2D eigenvalue weighted by Crippen LogP contribution is 1.98. The third-order valence-corrected chi connectivity index (χ3v) is 2.07. The number of unbranched alkanes of at least 4 members (excludes halogenated alkanes) is 2. The first kappa shape index (κ1) is 11.7. The lowest BCUT2D eigenvalue weighted by molar-refractivity contribution is 0.528. The number of hydrogen-bond donors (Lipinski definition) is 1. The van der Waals surface area contributed by atoms with Crippen LogP contribution in [0.2, 0.25) is 0 Å². The van der Waals surface area contributed by atoms with E-state index >= 15 is 0 Å². The van der Waals surface area contributed by atoms with Gasteiger partial charge >= 0.3 is 0 Å². The van der Waals surface area contributed by atoms with Crippen LogP contribution < -0.4 is 5.32 Å². The Morgan fingerprint density at radius 1 is 1.25 bits per heavy atom. The summed E-state index contributed by atoms with van der Waals surface area (Å²) in [7, 11) is 0. The van der Waals surface area contributed by atoms with E-state index in [2.05, 4.69) is 25.7 Å². The van der Waals surface area contributed by atoms with Crippen molar-refractivity contribution >= 4 is 0 Å². The summed E-state index contributed by atoms with van der Waals surface area (Å²) in [6.07, 6.45) is 8.41. The van der Waals surface area contributed by atoms with Gasteiger partial charge in [0.1, 0.15) is 0 Å². The fourth-order valence-corrected chi connectivity index (χ4v) is 1.28. The highest BCUT2D eigenvalue weighted by Gasteiger charge is 1.99. The van der Waals surface area contributed by atoms with Crippen molar-refractivity contribution in [2.75, 3.05) is 6.54 Å². The summed E-state index contributed by atoms with van der Waals surface area (Å²) in [6.45, 7) is 9.41. The van der Waals surface area contributed by atoms with Crippen molar-refractivity contribution < 1.29 is 0 Å². The minimum atomic E-state index is 0.534. The SMILES string of the molecule is C=CC(CCC)NCCCCC. The zero-order valence-electron chi connectivity index (χ0n) is 8.60. The summed E-state index contributed by atoms with van der Waals surface area (Å²) in [4.78, 5) is 0. The van der Waals surface area contributed by atoms with Crippen molar-refractivity contribution in [1.82, 2.24) is 5.32 Å². The maximum absolute atomic E-state index is 3.82. The van der Waals surface area contributed by atoms with E-state index in [0.717, 1.165) is 6.54 Å². The Bertz CT molecular complexity index is 99.2. The first-order valence-corrected chi connectivity index (χ1v) is 5.21. The van der Waals surface area contributed by atoms with Crippen LogP contribution in [0.5, 0.6) is 0 Å². The van der Waals surface area contributed by atoms with Gasteiger partial charge in [-0.05, 0) is 19.4 Å². The lowest BCUT2D eigenvalue weighted by Gasteiger charge is -2.12. The van der Waals surface area contributed by atoms with Crippen molar-refractivity contribution in [3.8, 4) is 0 Å². The Morgan fingerprint density at radius 3 is 2.50 bits per heavy atom. The summed E-state index contributed by atoms with van der Waals surface area (Å²) >= 11 is 0. The third kappa shape index (κ3) is 6.41. The lowest BCUT2D eigenvalue weighted by atomic mass is 10.1. The average molecular weight is 169 g/mol. The molecule has 0 heterocycles. The predicted octanol–water partition coefficient (Wildman–Crippen LogP) is 3.12. The monoisotopic (exact) mass is 169 g/mol. The Hall–Kier alpha value is -0.300. The molecule has 0 radical (unpaired) electrons. The zero-order valence-corrected chi connectivity index (χ0v) is 8.60. The van der Waals surface area contributed by atoms with E-state index < -0.39 is 0 Å². The van der Waals surface area contributed by atoms with E-state index in [1.54, 1.807) is 0 Å². The van der Waals surface area contributed by atoms with Crippen molar-refractivity contribution in [2.45, 2.75) is 52.0 Å². The van der Waals surface area contributed by atoms with Gasteiger partial charge < -0.3 is 5.32 Å². The van der Waals surface area contributed by atoms with Gasteiger partial charge in [0.25, 0.3) is 0 Å². The summed E-state index contributed by atoms with van der Waals surface area (Å²) in [5.41, 5.74) is 0. The van der Waals surface area contributed by atoms with Gasteiger partial charge in [-0.3, -0.25) is 0 Å².